The summed E-state index contributed by atoms with van der Waals surface area (Å²) in [6.45, 7) is 2.78. The van der Waals surface area contributed by atoms with Crippen LogP contribution in [0.25, 0.3) is 0 Å². The van der Waals surface area contributed by atoms with Crippen LogP contribution in [0, 0.1) is 6.92 Å². The van der Waals surface area contributed by atoms with Crippen LogP contribution in [-0.2, 0) is 4.79 Å². The van der Waals surface area contributed by atoms with Crippen LogP contribution in [-0.4, -0.2) is 37.7 Å². The van der Waals surface area contributed by atoms with Gasteiger partial charge in [-0.15, -0.1) is 11.8 Å². The third-order valence-electron chi connectivity index (χ3n) is 4.27. The minimum atomic E-state index is -0.130. The molecule has 0 saturated heterocycles. The zero-order valence-corrected chi connectivity index (χ0v) is 15.2. The van der Waals surface area contributed by atoms with Gasteiger partial charge in [-0.25, -0.2) is 0 Å². The van der Waals surface area contributed by atoms with Gasteiger partial charge in [0.25, 0.3) is 5.91 Å². The second-order valence-electron chi connectivity index (χ2n) is 5.77. The number of benzene rings is 2. The van der Waals surface area contributed by atoms with Gasteiger partial charge in [-0.2, -0.15) is 0 Å². The molecule has 2 aromatic rings. The number of hydrogen-bond donors (Lipinski definition) is 2. The number of anilines is 2. The van der Waals surface area contributed by atoms with Crippen molar-refractivity contribution in [3.63, 3.8) is 0 Å². The lowest BCUT2D eigenvalue weighted by atomic mass is 10.1. The second kappa shape index (κ2) is 7.61. The Labute approximate surface area is 151 Å². The van der Waals surface area contributed by atoms with E-state index in [9.17, 15) is 9.59 Å². The van der Waals surface area contributed by atoms with Gasteiger partial charge >= 0.3 is 0 Å². The zero-order valence-electron chi connectivity index (χ0n) is 14.3. The molecule has 1 aliphatic heterocycles. The number of nitrogens with zero attached hydrogens (tertiary/aromatic N) is 1. The fourth-order valence-electron chi connectivity index (χ4n) is 2.90. The Morgan fingerprint density at radius 3 is 2.76 bits per heavy atom. The molecule has 5 nitrogen and oxygen atoms in total. The quantitative estimate of drug-likeness (QED) is 0.885. The SMILES string of the molecule is CNC(=O)c1cccc(NCC(=O)N2CCSc3ccccc32)c1C. The highest BCUT2D eigenvalue weighted by molar-refractivity contribution is 7.99. The molecule has 130 valence electrons. The first-order valence-electron chi connectivity index (χ1n) is 8.19. The van der Waals surface area contributed by atoms with Crippen molar-refractivity contribution in [1.82, 2.24) is 5.32 Å². The number of amides is 2. The average molecular weight is 355 g/mol. The lowest BCUT2D eigenvalue weighted by Crippen LogP contribution is -2.39. The van der Waals surface area contributed by atoms with Gasteiger partial charge in [0.15, 0.2) is 0 Å². The Hall–Kier alpha value is -2.47. The number of hydrogen-bond acceptors (Lipinski definition) is 4. The Morgan fingerprint density at radius 2 is 1.96 bits per heavy atom. The van der Waals surface area contributed by atoms with Crippen LogP contribution >= 0.6 is 11.8 Å². The van der Waals surface area contributed by atoms with Crippen LogP contribution in [0.1, 0.15) is 15.9 Å². The van der Waals surface area contributed by atoms with Gasteiger partial charge in [-0.1, -0.05) is 18.2 Å². The first kappa shape index (κ1) is 17.4. The number of fused-ring (bicyclic) bond motifs is 1. The summed E-state index contributed by atoms with van der Waals surface area (Å²) in [5.74, 6) is 0.792. The molecule has 25 heavy (non-hydrogen) atoms. The molecule has 1 aliphatic rings. The third kappa shape index (κ3) is 3.64. The maximum Gasteiger partial charge on any atom is 0.251 e. The topological polar surface area (TPSA) is 61.4 Å². The Morgan fingerprint density at radius 1 is 1.16 bits per heavy atom. The summed E-state index contributed by atoms with van der Waals surface area (Å²) < 4.78 is 0. The van der Waals surface area contributed by atoms with E-state index in [1.165, 1.54) is 0 Å². The fourth-order valence-corrected chi connectivity index (χ4v) is 3.90. The van der Waals surface area contributed by atoms with Crippen LogP contribution in [0.15, 0.2) is 47.4 Å². The van der Waals surface area contributed by atoms with Gasteiger partial charge in [0.1, 0.15) is 0 Å². The number of carbonyl (C=O) groups excluding carboxylic acids is 2. The molecular weight excluding hydrogens is 334 g/mol. The molecule has 0 aliphatic carbocycles. The van der Waals surface area contributed by atoms with Crippen molar-refractivity contribution in [2.75, 3.05) is 36.1 Å². The molecule has 0 unspecified atom stereocenters. The van der Waals surface area contributed by atoms with Gasteiger partial charge in [0.2, 0.25) is 5.91 Å². The van der Waals surface area contributed by atoms with Crippen molar-refractivity contribution in [3.8, 4) is 0 Å². The monoisotopic (exact) mass is 355 g/mol. The molecule has 0 saturated carbocycles. The second-order valence-corrected chi connectivity index (χ2v) is 6.91. The lowest BCUT2D eigenvalue weighted by molar-refractivity contribution is -0.117. The van der Waals surface area contributed by atoms with Gasteiger partial charge < -0.3 is 15.5 Å². The normalized spacial score (nSPS) is 13.1. The molecule has 6 heteroatoms. The van der Waals surface area contributed by atoms with Crippen molar-refractivity contribution in [3.05, 3.63) is 53.6 Å². The molecule has 2 amide bonds. The van der Waals surface area contributed by atoms with Crippen LogP contribution in [0.3, 0.4) is 0 Å². The molecule has 0 atom stereocenters. The predicted octanol–water partition coefficient (Wildman–Crippen LogP) is 2.91. The smallest absolute Gasteiger partial charge is 0.251 e. The molecule has 3 rings (SSSR count). The molecule has 2 N–H and O–H groups in total. The maximum atomic E-state index is 12.7. The van der Waals surface area contributed by atoms with Crippen LogP contribution in [0.4, 0.5) is 11.4 Å². The standard InChI is InChI=1S/C19H21N3O2S/c1-13-14(19(24)20-2)6-5-7-15(13)21-12-18(23)22-10-11-25-17-9-4-3-8-16(17)22/h3-9,21H,10-12H2,1-2H3,(H,20,24). The summed E-state index contributed by atoms with van der Waals surface area (Å²) in [6, 6.07) is 13.5. The van der Waals surface area contributed by atoms with E-state index in [4.69, 9.17) is 0 Å². The van der Waals surface area contributed by atoms with E-state index in [-0.39, 0.29) is 18.4 Å². The van der Waals surface area contributed by atoms with Crippen molar-refractivity contribution in [2.24, 2.45) is 0 Å². The summed E-state index contributed by atoms with van der Waals surface area (Å²) in [7, 11) is 1.61. The van der Waals surface area contributed by atoms with Crippen molar-refractivity contribution >= 4 is 35.0 Å². The van der Waals surface area contributed by atoms with Crippen molar-refractivity contribution in [1.29, 1.82) is 0 Å². The van der Waals surface area contributed by atoms with E-state index in [0.717, 1.165) is 27.6 Å². The van der Waals surface area contributed by atoms with Gasteiger partial charge in [0.05, 0.1) is 12.2 Å². The summed E-state index contributed by atoms with van der Waals surface area (Å²) in [6.07, 6.45) is 0. The Bertz CT molecular complexity index is 807. The van der Waals surface area contributed by atoms with E-state index < -0.39 is 0 Å². The van der Waals surface area contributed by atoms with E-state index >= 15 is 0 Å². The van der Waals surface area contributed by atoms with Crippen LogP contribution in [0.2, 0.25) is 0 Å². The van der Waals surface area contributed by atoms with E-state index in [0.29, 0.717) is 12.1 Å². The van der Waals surface area contributed by atoms with Crippen molar-refractivity contribution < 1.29 is 9.59 Å². The first-order valence-corrected chi connectivity index (χ1v) is 9.18. The first-order chi connectivity index (χ1) is 12.1. The summed E-state index contributed by atoms with van der Waals surface area (Å²) in [5, 5.41) is 5.81. The number of nitrogens with one attached hydrogen (secondary N) is 2. The maximum absolute atomic E-state index is 12.7. The highest BCUT2D eigenvalue weighted by Gasteiger charge is 2.22. The molecule has 2 aromatic carbocycles. The molecule has 1 heterocycles. The average Bonchev–Trinajstić information content (AvgIpc) is 2.66. The summed E-state index contributed by atoms with van der Waals surface area (Å²) in [4.78, 5) is 27.6. The molecule has 0 bridgehead atoms. The van der Waals surface area contributed by atoms with Crippen LogP contribution in [0.5, 0.6) is 0 Å². The van der Waals surface area contributed by atoms with Crippen LogP contribution < -0.4 is 15.5 Å². The molecule has 0 spiro atoms. The van der Waals surface area contributed by atoms with E-state index in [1.807, 2.05) is 48.2 Å². The lowest BCUT2D eigenvalue weighted by Gasteiger charge is -2.29. The number of rotatable bonds is 4. The Kier molecular flexibility index (Phi) is 5.28. The summed E-state index contributed by atoms with van der Waals surface area (Å²) in [5.41, 5.74) is 3.22. The van der Waals surface area contributed by atoms with Gasteiger partial charge in [-0.3, -0.25) is 9.59 Å². The van der Waals surface area contributed by atoms with E-state index in [1.54, 1.807) is 24.9 Å². The molecule has 0 fully saturated rings. The third-order valence-corrected chi connectivity index (χ3v) is 5.31. The number of carbonyl (C=O) groups is 2. The minimum Gasteiger partial charge on any atom is -0.376 e. The van der Waals surface area contributed by atoms with Crippen molar-refractivity contribution in [2.45, 2.75) is 11.8 Å². The predicted molar refractivity (Wildman–Crippen MR) is 103 cm³/mol. The van der Waals surface area contributed by atoms with Gasteiger partial charge in [-0.05, 0) is 36.8 Å². The molecule has 0 radical (unpaired) electrons. The Balaban J connectivity index is 1.73. The van der Waals surface area contributed by atoms with Gasteiger partial charge in [0, 0.05) is 35.5 Å². The largest absolute Gasteiger partial charge is 0.376 e. The number of thioether (sulfide) groups is 1. The molecular formula is C19H21N3O2S. The highest BCUT2D eigenvalue weighted by Crippen LogP contribution is 2.34. The summed E-state index contributed by atoms with van der Waals surface area (Å²) >= 11 is 1.78. The number of para-hydroxylation sites is 1. The fraction of sp³-hybridized carbons (Fsp3) is 0.263. The minimum absolute atomic E-state index is 0.0255. The zero-order chi connectivity index (χ0) is 17.8. The highest BCUT2D eigenvalue weighted by atomic mass is 32.2. The van der Waals surface area contributed by atoms with E-state index in [2.05, 4.69) is 10.6 Å². The molecule has 0 aromatic heterocycles.